The van der Waals surface area contributed by atoms with Crippen molar-refractivity contribution >= 4 is 19.9 Å². The second-order valence-corrected chi connectivity index (χ2v) is 19.0. The van der Waals surface area contributed by atoms with Crippen LogP contribution in [0.2, 0.25) is 13.6 Å². The van der Waals surface area contributed by atoms with Crippen molar-refractivity contribution < 1.29 is 41.2 Å². The molecule has 2 aromatic carbocycles. The lowest BCUT2D eigenvalue weighted by Crippen LogP contribution is -2.62. The molecule has 0 radical (unpaired) electrons. The maximum absolute atomic E-state index is 13.0. The SMILES string of the molecule is CB(O)N1CCC(=O)CC1.CB(O)N1CCC(C)(N2CCN(C(c3ccc(C(F)(F)F)cc3)C3CC3)[C@@H](C)C2)CC1.C[C@H]1CNCCN1C(c1ccc(C(F)(F)F)cc1)C1CC1. The van der Waals surface area contributed by atoms with Crippen LogP contribution in [0.3, 0.4) is 0 Å². The van der Waals surface area contributed by atoms with Crippen LogP contribution in [0.4, 0.5) is 26.3 Å². The van der Waals surface area contributed by atoms with Crippen LogP contribution in [0.5, 0.6) is 0 Å². The van der Waals surface area contributed by atoms with Gasteiger partial charge in [0.05, 0.1) is 11.1 Å². The molecule has 0 bridgehead atoms. The molecule has 2 unspecified atom stereocenters. The van der Waals surface area contributed by atoms with E-state index in [1.807, 2.05) is 11.6 Å². The van der Waals surface area contributed by atoms with Gasteiger partial charge in [-0.2, -0.15) is 26.3 Å². The van der Waals surface area contributed by atoms with Gasteiger partial charge in [0.15, 0.2) is 0 Å². The first kappa shape index (κ1) is 48.9. The number of rotatable bonds is 9. The number of benzene rings is 2. The standard InChI is InChI=1S/C23H35BF3N3O.C16H21F3N2.C6H12BNO2/c1-17-16-28(22(2)10-12-29(13-11-22)24(3)31)14-15-30(17)21(18-4-5-18)19-6-8-20(9-7-19)23(25,26)27;1-11-10-20-8-9-21(11)15(12-2-3-12)13-4-6-14(7-5-13)16(17,18)19;1-7(10)8-4-2-6(9)3-5-8/h6-9,17-18,21,31H,4-5,10-16H2,1-3H3;4-7,11-12,15,20H,2-3,8-10H2,1H3;10H,2-5H2,1H3/t17-,21?;11-,15?;/m00./s1. The molecule has 17 heteroatoms. The molecule has 0 aromatic heterocycles. The van der Waals surface area contributed by atoms with Gasteiger partial charge in [0.25, 0.3) is 0 Å². The monoisotopic (exact) mass is 877 g/mol. The van der Waals surface area contributed by atoms with Gasteiger partial charge in [-0.3, -0.25) is 19.5 Å². The molecule has 6 aliphatic rings. The number of ketones is 1. The third-order valence-electron chi connectivity index (χ3n) is 14.3. The number of nitrogens with zero attached hydrogens (tertiary/aromatic N) is 5. The Morgan fingerprint density at radius 3 is 1.48 bits per heavy atom. The Hall–Kier alpha value is -2.50. The van der Waals surface area contributed by atoms with Crippen LogP contribution in [0.25, 0.3) is 0 Å². The van der Waals surface area contributed by atoms with Gasteiger partial charge in [-0.15, -0.1) is 0 Å². The molecule has 6 fully saturated rings. The van der Waals surface area contributed by atoms with E-state index in [4.69, 9.17) is 5.02 Å². The molecule has 62 heavy (non-hydrogen) atoms. The molecular formula is C45H68B2F6N6O3. The summed E-state index contributed by atoms with van der Waals surface area (Å²) < 4.78 is 77.1. The fraction of sp³-hybridized carbons (Fsp3) is 0.711. The Morgan fingerprint density at radius 2 is 1.10 bits per heavy atom. The molecule has 9 nitrogen and oxygen atoms in total. The van der Waals surface area contributed by atoms with Gasteiger partial charge in [0, 0.05) is 81.8 Å². The average Bonchev–Trinajstić information content (AvgIpc) is 4.17. The number of hydrogen-bond acceptors (Lipinski definition) is 9. The number of carbonyl (C=O) groups is 1. The van der Waals surface area contributed by atoms with E-state index >= 15 is 0 Å². The van der Waals surface area contributed by atoms with Crippen molar-refractivity contribution in [2.45, 2.75) is 128 Å². The van der Waals surface area contributed by atoms with Crippen molar-refractivity contribution in [2.24, 2.45) is 11.8 Å². The zero-order valence-electron chi connectivity index (χ0n) is 37.3. The third kappa shape index (κ3) is 12.9. The Kier molecular flexibility index (Phi) is 16.4. The Labute approximate surface area is 365 Å². The van der Waals surface area contributed by atoms with Gasteiger partial charge in [-0.25, -0.2) is 0 Å². The van der Waals surface area contributed by atoms with E-state index in [9.17, 15) is 36.2 Å². The van der Waals surface area contributed by atoms with Crippen molar-refractivity contribution in [3.63, 3.8) is 0 Å². The van der Waals surface area contributed by atoms with Gasteiger partial charge in [0.1, 0.15) is 5.78 Å². The van der Waals surface area contributed by atoms with Crippen molar-refractivity contribution in [2.75, 3.05) is 65.4 Å². The number of Topliss-reactive ketones (excluding diaryl/α,β-unsaturated/α-hetero) is 1. The summed E-state index contributed by atoms with van der Waals surface area (Å²) in [6.45, 7) is 19.4. The molecule has 2 saturated carbocycles. The van der Waals surface area contributed by atoms with E-state index in [2.05, 4.69) is 45.6 Å². The van der Waals surface area contributed by atoms with Gasteiger partial charge in [-0.05, 0) is 146 Å². The largest absolute Gasteiger partial charge is 0.437 e. The van der Waals surface area contributed by atoms with Gasteiger partial charge >= 0.3 is 26.5 Å². The summed E-state index contributed by atoms with van der Waals surface area (Å²) in [4.78, 5) is 22.4. The van der Waals surface area contributed by atoms with E-state index in [0.29, 0.717) is 42.5 Å². The molecule has 4 atom stereocenters. The fourth-order valence-electron chi connectivity index (χ4n) is 10.0. The number of piperazine rings is 2. The van der Waals surface area contributed by atoms with Crippen molar-refractivity contribution in [1.29, 1.82) is 0 Å². The topological polar surface area (TPSA) is 85.8 Å². The first-order valence-electron chi connectivity index (χ1n) is 22.9. The number of nitrogens with one attached hydrogen (secondary N) is 1. The zero-order chi connectivity index (χ0) is 45.0. The zero-order valence-corrected chi connectivity index (χ0v) is 37.3. The number of halogens is 6. The first-order chi connectivity index (χ1) is 29.2. The summed E-state index contributed by atoms with van der Waals surface area (Å²) in [5.74, 6) is 1.47. The molecule has 4 saturated heterocycles. The molecule has 4 heterocycles. The van der Waals surface area contributed by atoms with E-state index in [1.54, 1.807) is 31.1 Å². The van der Waals surface area contributed by atoms with Crippen LogP contribution in [-0.4, -0.2) is 137 Å². The highest BCUT2D eigenvalue weighted by atomic mass is 19.4. The number of hydrogen-bond donors (Lipinski definition) is 3. The van der Waals surface area contributed by atoms with Crippen LogP contribution in [-0.2, 0) is 17.1 Å². The molecule has 4 aliphatic heterocycles. The highest BCUT2D eigenvalue weighted by molar-refractivity contribution is 6.45. The minimum Gasteiger partial charge on any atom is -0.437 e. The Morgan fingerprint density at radius 1 is 0.661 bits per heavy atom. The Balaban J connectivity index is 0.000000177. The van der Waals surface area contributed by atoms with E-state index in [1.165, 1.54) is 37.1 Å². The smallest absolute Gasteiger partial charge is 0.416 e. The Bertz CT molecular complexity index is 1710. The quantitative estimate of drug-likeness (QED) is 0.177. The van der Waals surface area contributed by atoms with Crippen LogP contribution < -0.4 is 5.32 Å². The van der Waals surface area contributed by atoms with Crippen molar-refractivity contribution in [1.82, 2.24) is 29.6 Å². The molecule has 2 aromatic rings. The van der Waals surface area contributed by atoms with Crippen LogP contribution in [0.15, 0.2) is 48.5 Å². The normalized spacial score (nSPS) is 25.8. The van der Waals surface area contributed by atoms with Gasteiger partial charge < -0.3 is 25.0 Å². The van der Waals surface area contributed by atoms with Crippen molar-refractivity contribution in [3.05, 3.63) is 70.8 Å². The molecule has 8 rings (SSSR count). The van der Waals surface area contributed by atoms with E-state index < -0.39 is 30.5 Å². The molecular weight excluding hydrogens is 808 g/mol. The lowest BCUT2D eigenvalue weighted by atomic mass is 9.78. The summed E-state index contributed by atoms with van der Waals surface area (Å²) in [5, 5.41) is 22.3. The van der Waals surface area contributed by atoms with E-state index in [-0.39, 0.29) is 24.7 Å². The summed E-state index contributed by atoms with van der Waals surface area (Å²) in [6.07, 6.45) is -0.552. The molecule has 0 spiro atoms. The predicted octanol–water partition coefficient (Wildman–Crippen LogP) is 7.34. The first-order valence-corrected chi connectivity index (χ1v) is 22.9. The summed E-state index contributed by atoms with van der Waals surface area (Å²) >= 11 is 0. The lowest BCUT2D eigenvalue weighted by molar-refractivity contribution is -0.138. The average molecular weight is 877 g/mol. The van der Waals surface area contributed by atoms with E-state index in [0.717, 1.165) is 102 Å². The summed E-state index contributed by atoms with van der Waals surface area (Å²) in [5.41, 5.74) is 1.07. The van der Waals surface area contributed by atoms with Gasteiger partial charge in [-0.1, -0.05) is 24.3 Å². The molecule has 344 valence electrons. The predicted molar refractivity (Wildman–Crippen MR) is 233 cm³/mol. The minimum absolute atomic E-state index is 0.148. The number of carbonyl (C=O) groups excluding carboxylic acids is 1. The summed E-state index contributed by atoms with van der Waals surface area (Å²) in [7, 11) is -0.781. The molecule has 3 N–H and O–H groups in total. The van der Waals surface area contributed by atoms with Gasteiger partial charge in [0.2, 0.25) is 0 Å². The maximum Gasteiger partial charge on any atom is 0.416 e. The third-order valence-corrected chi connectivity index (χ3v) is 14.3. The highest BCUT2D eigenvalue weighted by Crippen LogP contribution is 2.48. The summed E-state index contributed by atoms with van der Waals surface area (Å²) in [6, 6.07) is 12.9. The number of piperidine rings is 2. The van der Waals surface area contributed by atoms with Crippen molar-refractivity contribution in [3.8, 4) is 0 Å². The molecule has 2 aliphatic carbocycles. The maximum atomic E-state index is 13.0. The van der Waals surface area contributed by atoms with Crippen LogP contribution in [0, 0.1) is 11.8 Å². The lowest BCUT2D eigenvalue weighted by Gasteiger charge is -2.53. The second-order valence-electron chi connectivity index (χ2n) is 19.0. The number of alkyl halides is 6. The van der Waals surface area contributed by atoms with Crippen LogP contribution >= 0.6 is 0 Å². The minimum atomic E-state index is -4.29. The second kappa shape index (κ2) is 20.8. The van der Waals surface area contributed by atoms with Crippen LogP contribution in [0.1, 0.15) is 106 Å². The molecule has 0 amide bonds. The fourth-order valence-corrected chi connectivity index (χ4v) is 10.0. The highest BCUT2D eigenvalue weighted by Gasteiger charge is 2.45.